The number of aromatic nitrogens is 1. The minimum atomic E-state index is -0.749. The van der Waals surface area contributed by atoms with Crippen molar-refractivity contribution in [2.45, 2.75) is 38.4 Å². The van der Waals surface area contributed by atoms with Gasteiger partial charge < -0.3 is 10.4 Å². The van der Waals surface area contributed by atoms with Crippen molar-refractivity contribution in [2.24, 2.45) is 0 Å². The van der Waals surface area contributed by atoms with Crippen molar-refractivity contribution in [1.82, 2.24) is 15.2 Å². The highest BCUT2D eigenvalue weighted by Crippen LogP contribution is 2.25. The summed E-state index contributed by atoms with van der Waals surface area (Å²) < 4.78 is 0. The maximum Gasteiger partial charge on any atom is 0.304 e. The summed E-state index contributed by atoms with van der Waals surface area (Å²) >= 11 is 0. The van der Waals surface area contributed by atoms with Crippen LogP contribution in [0, 0.1) is 0 Å². The van der Waals surface area contributed by atoms with E-state index in [1.165, 1.54) is 0 Å². The predicted molar refractivity (Wildman–Crippen MR) is 72.8 cm³/mol. The minimum absolute atomic E-state index is 0.0152. The Hall–Kier alpha value is -1.46. The number of carboxylic acids is 1. The van der Waals surface area contributed by atoms with Gasteiger partial charge in [0, 0.05) is 43.6 Å². The molecule has 1 unspecified atom stereocenters. The normalized spacial score (nSPS) is 23.2. The van der Waals surface area contributed by atoms with Crippen LogP contribution in [0.15, 0.2) is 24.5 Å². The lowest BCUT2D eigenvalue weighted by Crippen LogP contribution is -2.62. The van der Waals surface area contributed by atoms with Gasteiger partial charge in [-0.2, -0.15) is 0 Å². The van der Waals surface area contributed by atoms with E-state index in [4.69, 9.17) is 5.11 Å². The number of piperazine rings is 1. The van der Waals surface area contributed by atoms with Gasteiger partial charge in [-0.15, -0.1) is 0 Å². The molecule has 1 aliphatic rings. The second-order valence-corrected chi connectivity index (χ2v) is 5.68. The van der Waals surface area contributed by atoms with Crippen LogP contribution in [0.3, 0.4) is 0 Å². The summed E-state index contributed by atoms with van der Waals surface area (Å²) in [5.74, 6) is -0.749. The lowest BCUT2D eigenvalue weighted by Gasteiger charge is -2.47. The van der Waals surface area contributed by atoms with Gasteiger partial charge in [-0.05, 0) is 25.5 Å². The number of hydrogen-bond donors (Lipinski definition) is 2. The average Bonchev–Trinajstić information content (AvgIpc) is 2.34. The van der Waals surface area contributed by atoms with Crippen molar-refractivity contribution in [3.8, 4) is 0 Å². The van der Waals surface area contributed by atoms with Crippen LogP contribution in [0.2, 0.25) is 0 Å². The Balaban J connectivity index is 2.16. The lowest BCUT2D eigenvalue weighted by molar-refractivity contribution is -0.139. The smallest absolute Gasteiger partial charge is 0.304 e. The zero-order valence-electron chi connectivity index (χ0n) is 11.5. The fraction of sp³-hybridized carbons (Fsp3) is 0.571. The molecule has 0 aliphatic carbocycles. The molecule has 0 radical (unpaired) electrons. The monoisotopic (exact) mass is 263 g/mol. The number of carbonyl (C=O) groups is 1. The van der Waals surface area contributed by atoms with Crippen LogP contribution in [0.5, 0.6) is 0 Å². The van der Waals surface area contributed by atoms with Crippen LogP contribution in [0.25, 0.3) is 0 Å². The van der Waals surface area contributed by atoms with Crippen molar-refractivity contribution in [3.05, 3.63) is 30.1 Å². The Morgan fingerprint density at radius 1 is 1.63 bits per heavy atom. The molecular formula is C14H21N3O2. The first-order valence-corrected chi connectivity index (χ1v) is 6.57. The molecule has 2 rings (SSSR count). The molecule has 19 heavy (non-hydrogen) atoms. The highest BCUT2D eigenvalue weighted by atomic mass is 16.4. The van der Waals surface area contributed by atoms with E-state index in [1.54, 1.807) is 6.20 Å². The second kappa shape index (κ2) is 5.67. The maximum atomic E-state index is 11.0. The Kier molecular flexibility index (Phi) is 4.17. The van der Waals surface area contributed by atoms with Crippen molar-refractivity contribution in [1.29, 1.82) is 0 Å². The number of nitrogens with one attached hydrogen (secondary N) is 1. The molecule has 0 bridgehead atoms. The summed E-state index contributed by atoms with van der Waals surface area (Å²) in [4.78, 5) is 17.4. The van der Waals surface area contributed by atoms with Gasteiger partial charge in [0.25, 0.3) is 0 Å². The molecule has 1 aromatic rings. The van der Waals surface area contributed by atoms with Crippen LogP contribution in [-0.4, -0.2) is 45.6 Å². The molecule has 1 aromatic heterocycles. The zero-order chi connectivity index (χ0) is 13.9. The third-order valence-corrected chi connectivity index (χ3v) is 3.64. The van der Waals surface area contributed by atoms with E-state index in [2.05, 4.69) is 29.0 Å². The summed E-state index contributed by atoms with van der Waals surface area (Å²) in [6, 6.07) is 3.96. The zero-order valence-corrected chi connectivity index (χ0v) is 11.5. The molecule has 1 saturated heterocycles. The minimum Gasteiger partial charge on any atom is -0.481 e. The van der Waals surface area contributed by atoms with Crippen LogP contribution in [0.1, 0.15) is 25.8 Å². The van der Waals surface area contributed by atoms with Crippen molar-refractivity contribution >= 4 is 5.97 Å². The van der Waals surface area contributed by atoms with E-state index in [0.29, 0.717) is 0 Å². The first-order chi connectivity index (χ1) is 8.99. The summed E-state index contributed by atoms with van der Waals surface area (Å²) in [7, 11) is 0. The Morgan fingerprint density at radius 2 is 2.42 bits per heavy atom. The highest BCUT2D eigenvalue weighted by Gasteiger charge is 2.37. The Bertz CT molecular complexity index is 434. The third-order valence-electron chi connectivity index (χ3n) is 3.64. The molecule has 5 nitrogen and oxygen atoms in total. The highest BCUT2D eigenvalue weighted by molar-refractivity contribution is 5.67. The molecule has 0 aromatic carbocycles. The number of hydrogen-bond acceptors (Lipinski definition) is 4. The van der Waals surface area contributed by atoms with Crippen LogP contribution >= 0.6 is 0 Å². The van der Waals surface area contributed by atoms with Gasteiger partial charge in [-0.1, -0.05) is 6.07 Å². The molecular weight excluding hydrogens is 242 g/mol. The topological polar surface area (TPSA) is 65.5 Å². The SMILES string of the molecule is CC1(C)CNCC(CC(=O)O)N1Cc1cccnc1. The summed E-state index contributed by atoms with van der Waals surface area (Å²) in [6.07, 6.45) is 3.76. The number of rotatable bonds is 4. The summed E-state index contributed by atoms with van der Waals surface area (Å²) in [5.41, 5.74) is 1.06. The number of pyridine rings is 1. The van der Waals surface area contributed by atoms with Crippen molar-refractivity contribution < 1.29 is 9.90 Å². The van der Waals surface area contributed by atoms with Crippen LogP contribution in [0.4, 0.5) is 0 Å². The molecule has 1 atom stereocenters. The van der Waals surface area contributed by atoms with E-state index < -0.39 is 5.97 Å². The van der Waals surface area contributed by atoms with Gasteiger partial charge in [-0.3, -0.25) is 14.7 Å². The van der Waals surface area contributed by atoms with Gasteiger partial charge in [-0.25, -0.2) is 0 Å². The average molecular weight is 263 g/mol. The summed E-state index contributed by atoms with van der Waals surface area (Å²) in [5, 5.41) is 12.4. The van der Waals surface area contributed by atoms with Gasteiger partial charge >= 0.3 is 5.97 Å². The van der Waals surface area contributed by atoms with Crippen molar-refractivity contribution in [2.75, 3.05) is 13.1 Å². The standard InChI is InChI=1S/C14H21N3O2/c1-14(2)10-16-8-12(6-13(18)19)17(14)9-11-4-3-5-15-7-11/h3-5,7,12,16H,6,8-10H2,1-2H3,(H,18,19). The maximum absolute atomic E-state index is 11.0. The van der Waals surface area contributed by atoms with Gasteiger partial charge in [0.15, 0.2) is 0 Å². The van der Waals surface area contributed by atoms with Gasteiger partial charge in [0.2, 0.25) is 0 Å². The van der Waals surface area contributed by atoms with Gasteiger partial charge in [0.05, 0.1) is 6.42 Å². The van der Waals surface area contributed by atoms with Crippen LogP contribution in [-0.2, 0) is 11.3 Å². The number of carboxylic acid groups (broad SMARTS) is 1. The Morgan fingerprint density at radius 3 is 3.05 bits per heavy atom. The van der Waals surface area contributed by atoms with Crippen molar-refractivity contribution in [3.63, 3.8) is 0 Å². The first kappa shape index (κ1) is 14.0. The molecule has 1 fully saturated rings. The van der Waals surface area contributed by atoms with Gasteiger partial charge in [0.1, 0.15) is 0 Å². The molecule has 1 aliphatic heterocycles. The largest absolute Gasteiger partial charge is 0.481 e. The molecule has 0 spiro atoms. The molecule has 0 amide bonds. The van der Waals surface area contributed by atoms with E-state index in [0.717, 1.165) is 25.2 Å². The fourth-order valence-corrected chi connectivity index (χ4v) is 2.67. The second-order valence-electron chi connectivity index (χ2n) is 5.68. The first-order valence-electron chi connectivity index (χ1n) is 6.57. The summed E-state index contributed by atoms with van der Waals surface area (Å²) in [6.45, 7) is 6.61. The van der Waals surface area contributed by atoms with E-state index in [9.17, 15) is 4.79 Å². The van der Waals surface area contributed by atoms with E-state index in [1.807, 2.05) is 18.3 Å². The quantitative estimate of drug-likeness (QED) is 0.852. The fourth-order valence-electron chi connectivity index (χ4n) is 2.67. The third kappa shape index (κ3) is 3.52. The molecule has 104 valence electrons. The Labute approximate surface area is 113 Å². The number of aliphatic carboxylic acids is 1. The molecule has 5 heteroatoms. The molecule has 2 heterocycles. The predicted octanol–water partition coefficient (Wildman–Crippen LogP) is 1.11. The van der Waals surface area contributed by atoms with Crippen LogP contribution < -0.4 is 5.32 Å². The molecule has 2 N–H and O–H groups in total. The van der Waals surface area contributed by atoms with E-state index in [-0.39, 0.29) is 18.0 Å². The number of nitrogens with zero attached hydrogens (tertiary/aromatic N) is 2. The molecule has 0 saturated carbocycles. The van der Waals surface area contributed by atoms with E-state index >= 15 is 0 Å². The lowest BCUT2D eigenvalue weighted by atomic mass is 9.94.